The Bertz CT molecular complexity index is 1100. The second-order valence-electron chi connectivity index (χ2n) is 7.72. The summed E-state index contributed by atoms with van der Waals surface area (Å²) in [5, 5.41) is 5.43. The SMILES string of the molecule is CCCCNC(=O)c1ccccc1NC(=O)CN(c1ccc(C(=O)N(C)C)cc1)S(C)(=O)=O. The van der Waals surface area contributed by atoms with Crippen LogP contribution >= 0.6 is 0 Å². The molecule has 2 aromatic rings. The molecule has 2 N–H and O–H groups in total. The number of nitrogens with one attached hydrogen (secondary N) is 2. The Morgan fingerprint density at radius 1 is 0.970 bits per heavy atom. The number of unbranched alkanes of at least 4 members (excludes halogenated alkanes) is 1. The monoisotopic (exact) mass is 474 g/mol. The van der Waals surface area contributed by atoms with Gasteiger partial charge < -0.3 is 15.5 Å². The van der Waals surface area contributed by atoms with Crippen molar-refractivity contribution in [3.63, 3.8) is 0 Å². The van der Waals surface area contributed by atoms with E-state index in [1.165, 1.54) is 29.2 Å². The van der Waals surface area contributed by atoms with Crippen LogP contribution in [0.5, 0.6) is 0 Å². The lowest BCUT2D eigenvalue weighted by Crippen LogP contribution is -2.37. The van der Waals surface area contributed by atoms with Crippen LogP contribution in [0.25, 0.3) is 0 Å². The zero-order valence-corrected chi connectivity index (χ0v) is 20.1. The van der Waals surface area contributed by atoms with Crippen LogP contribution in [0, 0.1) is 0 Å². The lowest BCUT2D eigenvalue weighted by Gasteiger charge is -2.22. The van der Waals surface area contributed by atoms with Gasteiger partial charge in [0.15, 0.2) is 0 Å². The molecule has 0 atom stereocenters. The van der Waals surface area contributed by atoms with Crippen molar-refractivity contribution in [3.05, 3.63) is 59.7 Å². The highest BCUT2D eigenvalue weighted by molar-refractivity contribution is 7.92. The molecule has 9 nitrogen and oxygen atoms in total. The van der Waals surface area contributed by atoms with Crippen LogP contribution in [-0.2, 0) is 14.8 Å². The number of hydrogen-bond acceptors (Lipinski definition) is 5. The lowest BCUT2D eigenvalue weighted by molar-refractivity contribution is -0.114. The number of benzene rings is 2. The van der Waals surface area contributed by atoms with Gasteiger partial charge in [0.2, 0.25) is 15.9 Å². The van der Waals surface area contributed by atoms with Gasteiger partial charge in [-0.15, -0.1) is 0 Å². The van der Waals surface area contributed by atoms with E-state index >= 15 is 0 Å². The van der Waals surface area contributed by atoms with Crippen LogP contribution in [0.1, 0.15) is 40.5 Å². The average molecular weight is 475 g/mol. The smallest absolute Gasteiger partial charge is 0.253 e. The van der Waals surface area contributed by atoms with E-state index < -0.39 is 22.5 Å². The van der Waals surface area contributed by atoms with Gasteiger partial charge in [-0.05, 0) is 42.8 Å². The number of carbonyl (C=O) groups excluding carboxylic acids is 3. The molecular formula is C23H30N4O5S. The summed E-state index contributed by atoms with van der Waals surface area (Å²) in [6, 6.07) is 12.5. The maximum atomic E-state index is 12.7. The first-order valence-electron chi connectivity index (χ1n) is 10.5. The summed E-state index contributed by atoms with van der Waals surface area (Å²) in [6.07, 6.45) is 2.76. The van der Waals surface area contributed by atoms with Gasteiger partial charge in [-0.1, -0.05) is 25.5 Å². The summed E-state index contributed by atoms with van der Waals surface area (Å²) in [5.74, 6) is -1.15. The van der Waals surface area contributed by atoms with Gasteiger partial charge >= 0.3 is 0 Å². The second kappa shape index (κ2) is 11.5. The minimum Gasteiger partial charge on any atom is -0.352 e. The lowest BCUT2D eigenvalue weighted by atomic mass is 10.1. The van der Waals surface area contributed by atoms with E-state index in [-0.39, 0.29) is 23.2 Å². The number of nitrogens with zero attached hydrogens (tertiary/aromatic N) is 2. The number of para-hydroxylation sites is 1. The molecule has 178 valence electrons. The van der Waals surface area contributed by atoms with Crippen LogP contribution in [0.2, 0.25) is 0 Å². The molecule has 0 aromatic heterocycles. The first-order chi connectivity index (χ1) is 15.5. The molecule has 33 heavy (non-hydrogen) atoms. The number of sulfonamides is 1. The van der Waals surface area contributed by atoms with Gasteiger partial charge in [0, 0.05) is 26.2 Å². The standard InChI is InChI=1S/C23H30N4O5S/c1-5-6-15-24-22(29)19-9-7-8-10-20(19)25-21(28)16-27(33(4,31)32)18-13-11-17(12-14-18)23(30)26(2)3/h7-14H,5-6,15-16H2,1-4H3,(H,24,29)(H,25,28). The molecule has 0 aliphatic rings. The molecule has 0 aliphatic carbocycles. The Labute approximate surface area is 194 Å². The predicted molar refractivity (Wildman–Crippen MR) is 129 cm³/mol. The van der Waals surface area contributed by atoms with Crippen LogP contribution in [0.15, 0.2) is 48.5 Å². The number of anilines is 2. The zero-order chi connectivity index (χ0) is 24.6. The minimum atomic E-state index is -3.80. The molecule has 0 heterocycles. The van der Waals surface area contributed by atoms with Crippen molar-refractivity contribution in [2.45, 2.75) is 19.8 Å². The summed E-state index contributed by atoms with van der Waals surface area (Å²) in [4.78, 5) is 38.7. The van der Waals surface area contributed by atoms with Gasteiger partial charge in [0.05, 0.1) is 23.2 Å². The van der Waals surface area contributed by atoms with E-state index in [2.05, 4.69) is 10.6 Å². The van der Waals surface area contributed by atoms with Gasteiger partial charge in [0.1, 0.15) is 6.54 Å². The molecule has 0 radical (unpaired) electrons. The van der Waals surface area contributed by atoms with Gasteiger partial charge in [0.25, 0.3) is 11.8 Å². The van der Waals surface area contributed by atoms with E-state index in [1.807, 2.05) is 6.92 Å². The second-order valence-corrected chi connectivity index (χ2v) is 9.63. The number of carbonyl (C=O) groups is 3. The molecule has 2 rings (SSSR count). The Balaban J connectivity index is 2.20. The van der Waals surface area contributed by atoms with Crippen molar-refractivity contribution in [2.24, 2.45) is 0 Å². The van der Waals surface area contributed by atoms with Crippen LogP contribution in [0.4, 0.5) is 11.4 Å². The molecule has 0 spiro atoms. The maximum absolute atomic E-state index is 12.7. The molecule has 0 fully saturated rings. The first kappa shape index (κ1) is 25.9. The van der Waals surface area contributed by atoms with Crippen LogP contribution in [0.3, 0.4) is 0 Å². The van der Waals surface area contributed by atoms with Crippen molar-refractivity contribution in [1.29, 1.82) is 0 Å². The molecule has 3 amide bonds. The molecule has 0 aliphatic heterocycles. The van der Waals surface area contributed by atoms with Crippen LogP contribution in [-0.4, -0.2) is 64.5 Å². The average Bonchev–Trinajstić information content (AvgIpc) is 2.76. The molecule has 0 saturated heterocycles. The largest absolute Gasteiger partial charge is 0.352 e. The molecule has 0 saturated carbocycles. The molecule has 0 unspecified atom stereocenters. The highest BCUT2D eigenvalue weighted by Gasteiger charge is 2.22. The van der Waals surface area contributed by atoms with Gasteiger partial charge in [-0.25, -0.2) is 8.42 Å². The van der Waals surface area contributed by atoms with E-state index in [0.717, 1.165) is 23.4 Å². The van der Waals surface area contributed by atoms with Gasteiger partial charge in [-0.3, -0.25) is 18.7 Å². The molecular weight excluding hydrogens is 444 g/mol. The van der Waals surface area contributed by atoms with E-state index in [1.54, 1.807) is 38.4 Å². The summed E-state index contributed by atoms with van der Waals surface area (Å²) < 4.78 is 25.7. The van der Waals surface area contributed by atoms with Crippen molar-refractivity contribution in [1.82, 2.24) is 10.2 Å². The summed E-state index contributed by atoms with van der Waals surface area (Å²) in [7, 11) is -0.566. The Kier molecular flexibility index (Phi) is 8.98. The van der Waals surface area contributed by atoms with Crippen molar-refractivity contribution in [3.8, 4) is 0 Å². The number of amides is 3. The van der Waals surface area contributed by atoms with E-state index in [0.29, 0.717) is 17.7 Å². The topological polar surface area (TPSA) is 116 Å². The normalized spacial score (nSPS) is 10.9. The van der Waals surface area contributed by atoms with E-state index in [4.69, 9.17) is 0 Å². The van der Waals surface area contributed by atoms with Crippen molar-refractivity contribution in [2.75, 3.05) is 43.1 Å². The summed E-state index contributed by atoms with van der Waals surface area (Å²) in [5.41, 5.74) is 1.22. The van der Waals surface area contributed by atoms with E-state index in [9.17, 15) is 22.8 Å². The Morgan fingerprint density at radius 2 is 1.61 bits per heavy atom. The number of hydrogen-bond donors (Lipinski definition) is 2. The third kappa shape index (κ3) is 7.31. The predicted octanol–water partition coefficient (Wildman–Crippen LogP) is 2.32. The highest BCUT2D eigenvalue weighted by Crippen LogP contribution is 2.20. The Morgan fingerprint density at radius 3 is 2.18 bits per heavy atom. The third-order valence-electron chi connectivity index (χ3n) is 4.76. The minimum absolute atomic E-state index is 0.223. The zero-order valence-electron chi connectivity index (χ0n) is 19.3. The Hall–Kier alpha value is -3.40. The summed E-state index contributed by atoms with van der Waals surface area (Å²) >= 11 is 0. The van der Waals surface area contributed by atoms with Gasteiger partial charge in [-0.2, -0.15) is 0 Å². The quantitative estimate of drug-likeness (QED) is 0.513. The highest BCUT2D eigenvalue weighted by atomic mass is 32.2. The molecule has 2 aromatic carbocycles. The third-order valence-corrected chi connectivity index (χ3v) is 5.90. The fourth-order valence-corrected chi connectivity index (χ4v) is 3.87. The first-order valence-corrected chi connectivity index (χ1v) is 12.4. The van der Waals surface area contributed by atoms with Crippen LogP contribution < -0.4 is 14.9 Å². The summed E-state index contributed by atoms with van der Waals surface area (Å²) in [6.45, 7) is 2.04. The molecule has 0 bridgehead atoms. The van der Waals surface area contributed by atoms with Crippen molar-refractivity contribution >= 4 is 39.1 Å². The fourth-order valence-electron chi connectivity index (χ4n) is 3.01. The maximum Gasteiger partial charge on any atom is 0.253 e. The number of rotatable bonds is 10. The fraction of sp³-hybridized carbons (Fsp3) is 0.348. The van der Waals surface area contributed by atoms with Crippen molar-refractivity contribution < 1.29 is 22.8 Å². The molecule has 10 heteroatoms.